The number of nitrogens with one attached hydrogen (secondary N) is 1. The number of aromatic nitrogens is 1. The van der Waals surface area contributed by atoms with Crippen molar-refractivity contribution in [2.75, 3.05) is 19.5 Å². The van der Waals surface area contributed by atoms with Crippen LogP contribution in [0.4, 0.5) is 5.69 Å². The maximum atomic E-state index is 13.3. The zero-order chi connectivity index (χ0) is 22.0. The lowest BCUT2D eigenvalue weighted by Crippen LogP contribution is -2.13. The number of amides is 1. The van der Waals surface area contributed by atoms with E-state index in [2.05, 4.69) is 11.4 Å². The van der Waals surface area contributed by atoms with Gasteiger partial charge in [0.25, 0.3) is 5.91 Å². The molecule has 0 spiro atoms. The summed E-state index contributed by atoms with van der Waals surface area (Å²) >= 11 is 0. The number of carbonyl (C=O) groups excluding carboxylic acids is 1. The first-order valence-electron chi connectivity index (χ1n) is 10.0. The average Bonchev–Trinajstić information content (AvgIpc) is 2.79. The number of hydrogen-bond acceptors (Lipinski definition) is 4. The van der Waals surface area contributed by atoms with Crippen LogP contribution in [0.5, 0.6) is 11.5 Å². The lowest BCUT2D eigenvalue weighted by molar-refractivity contribution is 0.102. The second-order valence-electron chi connectivity index (χ2n) is 7.45. The summed E-state index contributed by atoms with van der Waals surface area (Å²) in [5, 5.41) is 3.82. The minimum Gasteiger partial charge on any atom is -0.497 e. The third kappa shape index (κ3) is 4.21. The van der Waals surface area contributed by atoms with Gasteiger partial charge in [-0.05, 0) is 67.9 Å². The van der Waals surface area contributed by atoms with Crippen LogP contribution in [0.2, 0.25) is 0 Å². The fourth-order valence-electron chi connectivity index (χ4n) is 3.67. The molecule has 5 heteroatoms. The molecule has 5 nitrogen and oxygen atoms in total. The van der Waals surface area contributed by atoms with Crippen molar-refractivity contribution in [3.63, 3.8) is 0 Å². The number of nitrogens with zero attached hydrogens (tertiary/aromatic N) is 1. The molecule has 31 heavy (non-hydrogen) atoms. The van der Waals surface area contributed by atoms with Crippen molar-refractivity contribution in [2.24, 2.45) is 0 Å². The van der Waals surface area contributed by atoms with Crippen LogP contribution in [0.25, 0.3) is 22.2 Å². The van der Waals surface area contributed by atoms with E-state index in [9.17, 15) is 4.79 Å². The van der Waals surface area contributed by atoms with Gasteiger partial charge in [-0.1, -0.05) is 23.8 Å². The monoisotopic (exact) mass is 412 g/mol. The normalized spacial score (nSPS) is 10.7. The van der Waals surface area contributed by atoms with E-state index in [0.717, 1.165) is 44.8 Å². The molecule has 0 radical (unpaired) electrons. The fraction of sp³-hybridized carbons (Fsp3) is 0.154. The van der Waals surface area contributed by atoms with Gasteiger partial charge in [0.1, 0.15) is 11.5 Å². The van der Waals surface area contributed by atoms with Crippen molar-refractivity contribution < 1.29 is 14.3 Å². The second kappa shape index (κ2) is 8.48. The molecule has 0 saturated heterocycles. The molecule has 1 N–H and O–H groups in total. The molecular formula is C26H24N2O3. The summed E-state index contributed by atoms with van der Waals surface area (Å²) in [5.74, 6) is 1.29. The Balaban J connectivity index is 1.84. The lowest BCUT2D eigenvalue weighted by Gasteiger charge is -2.13. The van der Waals surface area contributed by atoms with Crippen LogP contribution in [0.15, 0.2) is 66.7 Å². The first-order chi connectivity index (χ1) is 15.0. The number of pyridine rings is 1. The van der Waals surface area contributed by atoms with E-state index in [1.165, 1.54) is 0 Å². The maximum absolute atomic E-state index is 13.3. The Labute approximate surface area is 181 Å². The summed E-state index contributed by atoms with van der Waals surface area (Å²) in [7, 11) is 3.25. The number of rotatable bonds is 5. The van der Waals surface area contributed by atoms with Crippen LogP contribution in [0.1, 0.15) is 21.5 Å². The molecule has 0 aliphatic carbocycles. The molecule has 0 atom stereocenters. The topological polar surface area (TPSA) is 60.5 Å². The summed E-state index contributed by atoms with van der Waals surface area (Å²) in [6.07, 6.45) is 0. The van der Waals surface area contributed by atoms with Crippen LogP contribution >= 0.6 is 0 Å². The Morgan fingerprint density at radius 3 is 2.32 bits per heavy atom. The van der Waals surface area contributed by atoms with Gasteiger partial charge < -0.3 is 14.8 Å². The standard InChI is InChI=1S/C26H24N2O3/c1-16-12-17(2)25-22(13-16)23(26(29)27-19-8-10-20(30-3)11-9-19)15-24(28-25)18-6-5-7-21(14-18)31-4/h5-15H,1-4H3,(H,27,29). The Morgan fingerprint density at radius 2 is 1.61 bits per heavy atom. The molecule has 0 fully saturated rings. The highest BCUT2D eigenvalue weighted by Gasteiger charge is 2.16. The summed E-state index contributed by atoms with van der Waals surface area (Å²) < 4.78 is 10.6. The van der Waals surface area contributed by atoms with Gasteiger partial charge in [0.15, 0.2) is 0 Å². The Hall–Kier alpha value is -3.86. The van der Waals surface area contributed by atoms with Gasteiger partial charge in [-0.25, -0.2) is 4.98 Å². The van der Waals surface area contributed by atoms with E-state index in [1.807, 2.05) is 74.5 Å². The first-order valence-corrected chi connectivity index (χ1v) is 10.0. The predicted octanol–water partition coefficient (Wildman–Crippen LogP) is 5.79. The molecular weight excluding hydrogens is 388 g/mol. The average molecular weight is 412 g/mol. The molecule has 4 aromatic rings. The van der Waals surface area contributed by atoms with E-state index in [4.69, 9.17) is 14.5 Å². The smallest absolute Gasteiger partial charge is 0.256 e. The van der Waals surface area contributed by atoms with Gasteiger partial charge in [0.2, 0.25) is 0 Å². The molecule has 4 rings (SSSR count). The van der Waals surface area contributed by atoms with Gasteiger partial charge in [-0.3, -0.25) is 4.79 Å². The number of hydrogen-bond donors (Lipinski definition) is 1. The summed E-state index contributed by atoms with van der Waals surface area (Å²) in [6.45, 7) is 4.04. The van der Waals surface area contributed by atoms with E-state index in [0.29, 0.717) is 11.3 Å². The minimum absolute atomic E-state index is 0.188. The highest BCUT2D eigenvalue weighted by atomic mass is 16.5. The number of fused-ring (bicyclic) bond motifs is 1. The van der Waals surface area contributed by atoms with Crippen LogP contribution in [0, 0.1) is 13.8 Å². The molecule has 1 aromatic heterocycles. The van der Waals surface area contributed by atoms with E-state index in [-0.39, 0.29) is 5.91 Å². The molecule has 0 unspecified atom stereocenters. The maximum Gasteiger partial charge on any atom is 0.256 e. The van der Waals surface area contributed by atoms with E-state index in [1.54, 1.807) is 14.2 Å². The Kier molecular flexibility index (Phi) is 5.58. The molecule has 1 amide bonds. The lowest BCUT2D eigenvalue weighted by atomic mass is 9.99. The molecule has 1 heterocycles. The number of anilines is 1. The van der Waals surface area contributed by atoms with Crippen LogP contribution in [0.3, 0.4) is 0 Å². The van der Waals surface area contributed by atoms with Crippen LogP contribution in [-0.2, 0) is 0 Å². The molecule has 0 aliphatic heterocycles. The largest absolute Gasteiger partial charge is 0.497 e. The molecule has 156 valence electrons. The Bertz CT molecular complexity index is 1260. The third-order valence-corrected chi connectivity index (χ3v) is 5.21. The highest BCUT2D eigenvalue weighted by Crippen LogP contribution is 2.30. The van der Waals surface area contributed by atoms with Crippen molar-refractivity contribution in [3.8, 4) is 22.8 Å². The zero-order valence-electron chi connectivity index (χ0n) is 18.0. The fourth-order valence-corrected chi connectivity index (χ4v) is 3.67. The Morgan fingerprint density at radius 1 is 0.871 bits per heavy atom. The van der Waals surface area contributed by atoms with Crippen molar-refractivity contribution in [3.05, 3.63) is 83.4 Å². The van der Waals surface area contributed by atoms with Gasteiger partial charge >= 0.3 is 0 Å². The SMILES string of the molecule is COc1ccc(NC(=O)c2cc(-c3cccc(OC)c3)nc3c(C)cc(C)cc23)cc1. The van der Waals surface area contributed by atoms with Crippen molar-refractivity contribution in [1.29, 1.82) is 0 Å². The molecule has 0 saturated carbocycles. The van der Waals surface area contributed by atoms with Crippen LogP contribution in [-0.4, -0.2) is 25.1 Å². The van der Waals surface area contributed by atoms with E-state index >= 15 is 0 Å². The summed E-state index contributed by atoms with van der Waals surface area (Å²) in [4.78, 5) is 18.2. The quantitative estimate of drug-likeness (QED) is 0.451. The summed E-state index contributed by atoms with van der Waals surface area (Å²) in [5.41, 5.74) is 5.80. The van der Waals surface area contributed by atoms with Crippen LogP contribution < -0.4 is 14.8 Å². The summed E-state index contributed by atoms with van der Waals surface area (Å²) in [6, 6.07) is 20.9. The zero-order valence-corrected chi connectivity index (χ0v) is 18.0. The van der Waals surface area contributed by atoms with Gasteiger partial charge in [-0.2, -0.15) is 0 Å². The number of aryl methyl sites for hydroxylation is 2. The molecule has 0 aliphatic rings. The van der Waals surface area contributed by atoms with Crippen molar-refractivity contribution >= 4 is 22.5 Å². The molecule has 3 aromatic carbocycles. The first kappa shape index (κ1) is 20.4. The second-order valence-corrected chi connectivity index (χ2v) is 7.45. The number of methoxy groups -OCH3 is 2. The third-order valence-electron chi connectivity index (χ3n) is 5.21. The number of benzene rings is 3. The van der Waals surface area contributed by atoms with Crippen molar-refractivity contribution in [2.45, 2.75) is 13.8 Å². The number of carbonyl (C=O) groups is 1. The van der Waals surface area contributed by atoms with Gasteiger partial charge in [0, 0.05) is 16.6 Å². The predicted molar refractivity (Wildman–Crippen MR) is 124 cm³/mol. The van der Waals surface area contributed by atoms with Gasteiger partial charge in [0.05, 0.1) is 31.0 Å². The molecule has 0 bridgehead atoms. The van der Waals surface area contributed by atoms with E-state index < -0.39 is 0 Å². The van der Waals surface area contributed by atoms with Crippen molar-refractivity contribution in [1.82, 2.24) is 4.98 Å². The number of ether oxygens (including phenoxy) is 2. The minimum atomic E-state index is -0.188. The highest BCUT2D eigenvalue weighted by molar-refractivity contribution is 6.13. The van der Waals surface area contributed by atoms with Gasteiger partial charge in [-0.15, -0.1) is 0 Å².